The van der Waals surface area contributed by atoms with Crippen LogP contribution in [0.5, 0.6) is 5.75 Å². The number of hydrogen-bond donors (Lipinski definition) is 3. The molecule has 12 nitrogen and oxygen atoms in total. The maximum absolute atomic E-state index is 13.6. The number of rotatable bonds is 10. The van der Waals surface area contributed by atoms with Gasteiger partial charge in [0.2, 0.25) is 0 Å². The number of aromatic nitrogens is 4. The lowest BCUT2D eigenvalue weighted by Crippen LogP contribution is -2.62. The van der Waals surface area contributed by atoms with Gasteiger partial charge < -0.3 is 25.3 Å². The van der Waals surface area contributed by atoms with Crippen molar-refractivity contribution < 1.29 is 40.6 Å². The Balaban J connectivity index is 1.45. The summed E-state index contributed by atoms with van der Waals surface area (Å²) in [6, 6.07) is 17.5. The van der Waals surface area contributed by atoms with Gasteiger partial charge in [0.1, 0.15) is 17.9 Å². The smallest absolute Gasteiger partial charge is 0.416 e. The van der Waals surface area contributed by atoms with Crippen LogP contribution in [0.1, 0.15) is 43.4 Å². The first kappa shape index (κ1) is 37.8. The lowest BCUT2D eigenvalue weighted by atomic mass is 9.70. The molecule has 0 aliphatic heterocycles. The summed E-state index contributed by atoms with van der Waals surface area (Å²) in [5, 5.41) is 17.3. The summed E-state index contributed by atoms with van der Waals surface area (Å²) in [4.78, 5) is 21.6. The van der Waals surface area contributed by atoms with Gasteiger partial charge in [-0.2, -0.15) is 30.8 Å². The number of ether oxygens (including phenoxy) is 1. The van der Waals surface area contributed by atoms with E-state index in [9.17, 15) is 31.5 Å². The van der Waals surface area contributed by atoms with Gasteiger partial charge in [-0.05, 0) is 67.6 Å². The fourth-order valence-corrected chi connectivity index (χ4v) is 7.56. The predicted molar refractivity (Wildman–Crippen MR) is 195 cm³/mol. The van der Waals surface area contributed by atoms with Crippen molar-refractivity contribution in [1.29, 1.82) is 0 Å². The molecule has 2 aromatic carbocycles. The number of benzene rings is 2. The summed E-state index contributed by atoms with van der Waals surface area (Å²) in [5.41, 5.74) is 5.85. The van der Waals surface area contributed by atoms with E-state index in [-0.39, 0.29) is 40.6 Å². The van der Waals surface area contributed by atoms with Crippen molar-refractivity contribution in [1.82, 2.24) is 24.5 Å². The third-order valence-corrected chi connectivity index (χ3v) is 11.0. The van der Waals surface area contributed by atoms with E-state index in [4.69, 9.17) is 14.9 Å². The zero-order valence-corrected chi connectivity index (χ0v) is 30.7. The zero-order chi connectivity index (χ0) is 39.2. The monoisotopic (exact) mass is 762 g/mol. The number of alkyl halides is 3. The fourth-order valence-electron chi connectivity index (χ4n) is 6.23. The van der Waals surface area contributed by atoms with Crippen molar-refractivity contribution >= 4 is 32.8 Å². The van der Waals surface area contributed by atoms with Crippen LogP contribution in [0.25, 0.3) is 33.4 Å². The number of pyridine rings is 2. The molecule has 0 saturated heterocycles. The molecule has 0 aliphatic carbocycles. The molecular formula is C38H37F3N6O6S. The van der Waals surface area contributed by atoms with Crippen molar-refractivity contribution in [2.24, 2.45) is 5.41 Å². The summed E-state index contributed by atoms with van der Waals surface area (Å²) in [5.74, 6) is 0.501. The van der Waals surface area contributed by atoms with E-state index < -0.39 is 38.8 Å². The molecule has 282 valence electrons. The van der Waals surface area contributed by atoms with Gasteiger partial charge in [0.15, 0.2) is 11.6 Å². The van der Waals surface area contributed by atoms with E-state index in [1.807, 2.05) is 0 Å². The Bertz CT molecular complexity index is 2480. The van der Waals surface area contributed by atoms with E-state index in [1.165, 1.54) is 36.7 Å². The second kappa shape index (κ2) is 13.8. The molecule has 4 N–H and O–H groups in total. The van der Waals surface area contributed by atoms with Crippen LogP contribution in [-0.2, 0) is 22.6 Å². The van der Waals surface area contributed by atoms with Gasteiger partial charge in [-0.1, -0.05) is 57.2 Å². The molecule has 16 heteroatoms. The quantitative estimate of drug-likeness (QED) is 0.124. The van der Waals surface area contributed by atoms with Crippen LogP contribution in [0.2, 0.25) is 0 Å². The van der Waals surface area contributed by atoms with Gasteiger partial charge in [0, 0.05) is 16.5 Å². The predicted octanol–water partition coefficient (Wildman–Crippen LogP) is 7.88. The number of halogens is 3. The fraction of sp³-hybridized carbons (Fsp3) is 0.263. The number of nitrogens with one attached hydrogen (secondary N) is 1. The minimum atomic E-state index is -4.60. The molecule has 1 amide bonds. The Morgan fingerprint density at radius 1 is 1.00 bits per heavy atom. The number of nitrogens with two attached hydrogens (primary N) is 1. The van der Waals surface area contributed by atoms with Crippen molar-refractivity contribution in [3.05, 3.63) is 108 Å². The van der Waals surface area contributed by atoms with Crippen LogP contribution in [-0.4, -0.2) is 50.9 Å². The molecule has 6 aromatic rings. The number of fused-ring (bicyclic) bond motifs is 1. The molecule has 0 spiro atoms. The second-order valence-electron chi connectivity index (χ2n) is 13.9. The van der Waals surface area contributed by atoms with Gasteiger partial charge in [-0.3, -0.25) is 4.98 Å². The van der Waals surface area contributed by atoms with Gasteiger partial charge in [0.05, 0.1) is 45.5 Å². The summed E-state index contributed by atoms with van der Waals surface area (Å²) < 4.78 is 80.8. The largest absolute Gasteiger partial charge is 0.487 e. The third kappa shape index (κ3) is 7.20. The zero-order valence-electron chi connectivity index (χ0n) is 29.9. The van der Waals surface area contributed by atoms with Gasteiger partial charge >= 0.3 is 12.3 Å². The molecule has 6 rings (SSSR count). The molecule has 54 heavy (non-hydrogen) atoms. The first-order valence-corrected chi connectivity index (χ1v) is 18.1. The average Bonchev–Trinajstić information content (AvgIpc) is 3.69. The molecule has 0 radical (unpaired) electrons. The molecule has 0 unspecified atom stereocenters. The Morgan fingerprint density at radius 2 is 1.72 bits per heavy atom. The summed E-state index contributed by atoms with van der Waals surface area (Å²) >= 11 is 0. The van der Waals surface area contributed by atoms with Gasteiger partial charge in [-0.15, -0.1) is 0 Å². The summed E-state index contributed by atoms with van der Waals surface area (Å²) in [6.45, 7) is 8.30. The third-order valence-electron chi connectivity index (χ3n) is 9.41. The number of nitrogen functional groups attached to an aromatic ring is 1. The number of nitrogens with zero attached hydrogens (tertiary/aromatic N) is 4. The molecular weight excluding hydrogens is 726 g/mol. The van der Waals surface area contributed by atoms with E-state index in [0.717, 1.165) is 16.2 Å². The molecule has 4 heterocycles. The highest BCUT2D eigenvalue weighted by Crippen LogP contribution is 2.41. The van der Waals surface area contributed by atoms with Crippen LogP contribution in [0, 0.1) is 19.3 Å². The van der Waals surface area contributed by atoms with Crippen molar-refractivity contribution in [3.8, 4) is 28.3 Å². The minimum absolute atomic E-state index is 0.0423. The van der Waals surface area contributed by atoms with Crippen LogP contribution in [0.15, 0.2) is 94.6 Å². The van der Waals surface area contributed by atoms with Crippen molar-refractivity contribution in [2.75, 3.05) is 12.3 Å². The number of aryl methyl sites for hydroxylation is 2. The maximum atomic E-state index is 13.6. The summed E-state index contributed by atoms with van der Waals surface area (Å²) in [6.07, 6.45) is -3.29. The second-order valence-corrected chi connectivity index (χ2v) is 15.7. The number of carbonyl (C=O) groups is 1. The van der Waals surface area contributed by atoms with Crippen LogP contribution in [0.3, 0.4) is 0 Å². The van der Waals surface area contributed by atoms with E-state index >= 15 is 0 Å². The minimum Gasteiger partial charge on any atom is -0.487 e. The molecule has 0 saturated carbocycles. The highest BCUT2D eigenvalue weighted by molar-refractivity contribution is 7.90. The van der Waals surface area contributed by atoms with Gasteiger partial charge in [-0.25, -0.2) is 9.78 Å². The van der Waals surface area contributed by atoms with Crippen LogP contribution < -0.4 is 15.8 Å². The van der Waals surface area contributed by atoms with Crippen LogP contribution in [0.4, 0.5) is 23.8 Å². The molecule has 0 aliphatic rings. The standard InChI is InChI=1S/C38H37F3N6O6S/c1-22-28-17-30(43-20-31(28)47(46-22)54(50,51)26-12-7-6-8-13-26)29-18-32(34(42)44-33(29)27-14-15-52-23(27)2)53-21-37(36(3,4)5,45-35(48)49)19-24-10-9-11-25(16-24)38(39,40)41/h6-18,20,45H,19,21H2,1-5H3,(H2,42,44)(H,48,49)/t37-/m1/s1. The van der Waals surface area contributed by atoms with E-state index in [0.29, 0.717) is 39.4 Å². The Kier molecular flexibility index (Phi) is 9.69. The van der Waals surface area contributed by atoms with E-state index in [2.05, 4.69) is 20.4 Å². The van der Waals surface area contributed by atoms with Crippen molar-refractivity contribution in [2.45, 2.75) is 57.7 Å². The first-order valence-electron chi connectivity index (χ1n) is 16.6. The summed E-state index contributed by atoms with van der Waals surface area (Å²) in [7, 11) is -4.06. The first-order chi connectivity index (χ1) is 25.3. The van der Waals surface area contributed by atoms with Gasteiger partial charge in [0.25, 0.3) is 10.0 Å². The lowest BCUT2D eigenvalue weighted by Gasteiger charge is -2.44. The molecule has 0 fully saturated rings. The van der Waals surface area contributed by atoms with E-state index in [1.54, 1.807) is 71.0 Å². The van der Waals surface area contributed by atoms with Crippen LogP contribution >= 0.6 is 0 Å². The Hall–Kier alpha value is -5.90. The average molecular weight is 763 g/mol. The highest BCUT2D eigenvalue weighted by Gasteiger charge is 2.45. The number of amides is 1. The normalized spacial score (nSPS) is 13.5. The number of anilines is 1. The molecule has 0 bridgehead atoms. The van der Waals surface area contributed by atoms with Crippen molar-refractivity contribution in [3.63, 3.8) is 0 Å². The topological polar surface area (TPSA) is 175 Å². The highest BCUT2D eigenvalue weighted by atomic mass is 32.2. The maximum Gasteiger partial charge on any atom is 0.416 e. The number of carboxylic acid groups (broad SMARTS) is 1. The number of hydrogen-bond acceptors (Lipinski definition) is 9. The Labute approximate surface area is 308 Å². The molecule has 4 aromatic heterocycles. The lowest BCUT2D eigenvalue weighted by molar-refractivity contribution is -0.137. The Morgan fingerprint density at radius 3 is 2.35 bits per heavy atom. The molecule has 1 atom stereocenters. The number of furan rings is 1. The SMILES string of the molecule is Cc1occc1-c1nc(N)c(OC[C@@](Cc2cccc(C(F)(F)F)c2)(NC(=O)O)C(C)(C)C)cc1-c1cc2c(C)nn(S(=O)(=O)c3ccccc3)c2cn1.